The van der Waals surface area contributed by atoms with Gasteiger partial charge in [0.2, 0.25) is 0 Å². The molecule has 1 aromatic rings. The number of rotatable bonds is 3. The van der Waals surface area contributed by atoms with E-state index in [1.54, 1.807) is 0 Å². The Bertz CT molecular complexity index is 634. The molecule has 0 N–H and O–H groups in total. The first-order valence-electron chi connectivity index (χ1n) is 9.26. The Morgan fingerprint density at radius 1 is 0.913 bits per heavy atom. The van der Waals surface area contributed by atoms with Crippen molar-refractivity contribution in [2.24, 2.45) is 23.7 Å². The number of carbonyl (C=O) groups excluding carboxylic acids is 2. The summed E-state index contributed by atoms with van der Waals surface area (Å²) in [6, 6.07) is 4.36. The van der Waals surface area contributed by atoms with E-state index in [0.29, 0.717) is 11.8 Å². The van der Waals surface area contributed by atoms with Crippen LogP contribution >= 0.6 is 0 Å². The van der Waals surface area contributed by atoms with Gasteiger partial charge in [-0.25, -0.2) is 0 Å². The summed E-state index contributed by atoms with van der Waals surface area (Å²) in [4.78, 5) is 26.4. The molecule has 1 aromatic carbocycles. The topological polar surface area (TPSA) is 34.1 Å². The van der Waals surface area contributed by atoms with E-state index in [-0.39, 0.29) is 23.4 Å². The van der Waals surface area contributed by atoms with E-state index in [1.165, 1.54) is 16.7 Å². The lowest BCUT2D eigenvalue weighted by Gasteiger charge is -2.21. The lowest BCUT2D eigenvalue weighted by Crippen LogP contribution is -2.24. The quantitative estimate of drug-likeness (QED) is 0.790. The van der Waals surface area contributed by atoms with E-state index in [1.807, 2.05) is 0 Å². The minimum Gasteiger partial charge on any atom is -0.298 e. The maximum atomic E-state index is 13.2. The van der Waals surface area contributed by atoms with E-state index in [2.05, 4.69) is 32.9 Å². The van der Waals surface area contributed by atoms with Crippen molar-refractivity contribution < 1.29 is 9.59 Å². The van der Waals surface area contributed by atoms with Crippen LogP contribution < -0.4 is 0 Å². The molecule has 0 saturated heterocycles. The van der Waals surface area contributed by atoms with Crippen LogP contribution in [0.15, 0.2) is 12.1 Å². The molecule has 2 heteroatoms. The number of Topliss-reactive ketones (excluding diaryl/α,β-unsaturated/α-hetero) is 2. The summed E-state index contributed by atoms with van der Waals surface area (Å²) >= 11 is 0. The van der Waals surface area contributed by atoms with Crippen LogP contribution in [-0.2, 0) is 22.4 Å². The molecule has 3 aliphatic rings. The summed E-state index contributed by atoms with van der Waals surface area (Å²) in [6.07, 6.45) is 5.22. The summed E-state index contributed by atoms with van der Waals surface area (Å²) in [5, 5.41) is 0. The zero-order valence-corrected chi connectivity index (χ0v) is 14.4. The molecule has 23 heavy (non-hydrogen) atoms. The second-order valence-electron chi connectivity index (χ2n) is 7.83. The molecule has 3 fully saturated rings. The van der Waals surface area contributed by atoms with Gasteiger partial charge < -0.3 is 0 Å². The molecule has 4 atom stereocenters. The molecule has 0 aromatic heterocycles. The summed E-state index contributed by atoms with van der Waals surface area (Å²) < 4.78 is 0. The van der Waals surface area contributed by atoms with Gasteiger partial charge in [0.05, 0.1) is 0 Å². The summed E-state index contributed by atoms with van der Waals surface area (Å²) in [5.41, 5.74) is 4.73. The standard InChI is InChI=1S/C21H26O2/c1-4-12-8-11(3)9-13(5-2)16(12)19-20(22)17-14-6-7-15(10-14)18(17)21(19)23/h8-9,14-15,17-19H,4-7,10H2,1-3H3. The number of fused-ring (bicyclic) bond motifs is 5. The Kier molecular flexibility index (Phi) is 3.48. The lowest BCUT2D eigenvalue weighted by molar-refractivity contribution is -0.125. The first-order chi connectivity index (χ1) is 11.1. The molecule has 4 unspecified atom stereocenters. The van der Waals surface area contributed by atoms with Crippen molar-refractivity contribution in [1.82, 2.24) is 0 Å². The Balaban J connectivity index is 1.83. The van der Waals surface area contributed by atoms with E-state index in [9.17, 15) is 9.59 Å². The van der Waals surface area contributed by atoms with Crippen LogP contribution in [0.1, 0.15) is 61.3 Å². The highest BCUT2D eigenvalue weighted by atomic mass is 16.2. The Morgan fingerprint density at radius 2 is 1.39 bits per heavy atom. The third kappa shape index (κ3) is 2.00. The second kappa shape index (κ2) is 5.29. The van der Waals surface area contributed by atoms with Gasteiger partial charge in [0.1, 0.15) is 5.92 Å². The second-order valence-corrected chi connectivity index (χ2v) is 7.83. The maximum Gasteiger partial charge on any atom is 0.151 e. The first kappa shape index (κ1) is 15.1. The summed E-state index contributed by atoms with van der Waals surface area (Å²) in [5.74, 6) is 1.11. The molecule has 2 bridgehead atoms. The van der Waals surface area contributed by atoms with E-state index < -0.39 is 5.92 Å². The van der Waals surface area contributed by atoms with Gasteiger partial charge >= 0.3 is 0 Å². The van der Waals surface area contributed by atoms with Gasteiger partial charge in [-0.3, -0.25) is 9.59 Å². The largest absolute Gasteiger partial charge is 0.298 e. The van der Waals surface area contributed by atoms with Crippen LogP contribution in [0.2, 0.25) is 0 Å². The van der Waals surface area contributed by atoms with E-state index in [0.717, 1.165) is 37.7 Å². The van der Waals surface area contributed by atoms with Gasteiger partial charge in [0.15, 0.2) is 11.6 Å². The Hall–Kier alpha value is -1.44. The molecule has 3 saturated carbocycles. The normalized spacial score (nSPS) is 35.2. The van der Waals surface area contributed by atoms with Crippen molar-refractivity contribution in [3.63, 3.8) is 0 Å². The van der Waals surface area contributed by atoms with E-state index >= 15 is 0 Å². The first-order valence-corrected chi connectivity index (χ1v) is 9.26. The number of ketones is 2. The van der Waals surface area contributed by atoms with Crippen LogP contribution in [0.5, 0.6) is 0 Å². The van der Waals surface area contributed by atoms with Gasteiger partial charge in [0, 0.05) is 11.8 Å². The van der Waals surface area contributed by atoms with Crippen molar-refractivity contribution in [1.29, 1.82) is 0 Å². The highest BCUT2D eigenvalue weighted by molar-refractivity contribution is 6.17. The molecule has 122 valence electrons. The van der Waals surface area contributed by atoms with Gasteiger partial charge in [0.25, 0.3) is 0 Å². The third-order valence-electron chi connectivity index (χ3n) is 6.69. The zero-order valence-electron chi connectivity index (χ0n) is 14.4. The van der Waals surface area contributed by atoms with Crippen LogP contribution in [-0.4, -0.2) is 11.6 Å². The lowest BCUT2D eigenvalue weighted by atomic mass is 9.81. The minimum atomic E-state index is -0.459. The van der Waals surface area contributed by atoms with Gasteiger partial charge in [-0.2, -0.15) is 0 Å². The fraction of sp³-hybridized carbons (Fsp3) is 0.619. The maximum absolute atomic E-state index is 13.2. The van der Waals surface area contributed by atoms with Crippen LogP contribution in [0.4, 0.5) is 0 Å². The molecular weight excluding hydrogens is 284 g/mol. The van der Waals surface area contributed by atoms with E-state index in [4.69, 9.17) is 0 Å². The highest BCUT2D eigenvalue weighted by Crippen LogP contribution is 2.59. The Morgan fingerprint density at radius 3 is 1.83 bits per heavy atom. The molecule has 0 amide bonds. The molecule has 2 nitrogen and oxygen atoms in total. The fourth-order valence-corrected chi connectivity index (χ4v) is 5.83. The molecule has 0 heterocycles. The van der Waals surface area contributed by atoms with Crippen LogP contribution in [0.25, 0.3) is 0 Å². The SMILES string of the molecule is CCc1cc(C)cc(CC)c1C1C(=O)C2C3CCC(C3)C2C1=O. The van der Waals surface area contributed by atoms with Crippen LogP contribution in [0.3, 0.4) is 0 Å². The number of benzene rings is 1. The van der Waals surface area contributed by atoms with Crippen molar-refractivity contribution in [3.05, 3.63) is 34.4 Å². The predicted octanol–water partition coefficient (Wildman–Crippen LogP) is 4.02. The molecule has 3 aliphatic carbocycles. The third-order valence-corrected chi connectivity index (χ3v) is 6.69. The number of hydrogen-bond acceptors (Lipinski definition) is 2. The molecule has 0 aliphatic heterocycles. The zero-order chi connectivity index (χ0) is 16.3. The minimum absolute atomic E-state index is 0.0435. The summed E-state index contributed by atoms with van der Waals surface area (Å²) in [6.45, 7) is 6.37. The average Bonchev–Trinajstić information content (AvgIpc) is 3.21. The molecule has 0 spiro atoms. The predicted molar refractivity (Wildman–Crippen MR) is 90.5 cm³/mol. The molecule has 0 radical (unpaired) electrons. The monoisotopic (exact) mass is 310 g/mol. The van der Waals surface area contributed by atoms with Crippen molar-refractivity contribution in [3.8, 4) is 0 Å². The number of aryl methyl sites for hydroxylation is 3. The number of hydrogen-bond donors (Lipinski definition) is 0. The van der Waals surface area contributed by atoms with Crippen LogP contribution in [0, 0.1) is 30.6 Å². The summed E-state index contributed by atoms with van der Waals surface area (Å²) in [7, 11) is 0. The highest BCUT2D eigenvalue weighted by Gasteiger charge is 2.61. The number of carbonyl (C=O) groups is 2. The van der Waals surface area contributed by atoms with Crippen molar-refractivity contribution >= 4 is 11.6 Å². The smallest absolute Gasteiger partial charge is 0.151 e. The van der Waals surface area contributed by atoms with Crippen molar-refractivity contribution in [2.75, 3.05) is 0 Å². The van der Waals surface area contributed by atoms with Gasteiger partial charge in [-0.05, 0) is 67.6 Å². The molecular formula is C21H26O2. The van der Waals surface area contributed by atoms with Gasteiger partial charge in [-0.1, -0.05) is 31.5 Å². The van der Waals surface area contributed by atoms with Gasteiger partial charge in [-0.15, -0.1) is 0 Å². The van der Waals surface area contributed by atoms with Crippen molar-refractivity contribution in [2.45, 2.75) is 58.8 Å². The molecule has 4 rings (SSSR count). The Labute approximate surface area is 138 Å². The average molecular weight is 310 g/mol. The fourth-order valence-electron chi connectivity index (χ4n) is 5.83.